The third-order valence-corrected chi connectivity index (χ3v) is 3.99. The van der Waals surface area contributed by atoms with Crippen LogP contribution in [0, 0.1) is 0 Å². The average molecular weight is 305 g/mol. The topological polar surface area (TPSA) is 38.8 Å². The molecule has 0 saturated carbocycles. The molecule has 5 heteroatoms. The number of amides is 1. The Bertz CT molecular complexity index is 522. The molecule has 0 spiro atoms. The molecule has 0 aliphatic carbocycles. The maximum Gasteiger partial charge on any atom is 0.417 e. The van der Waals surface area contributed by atoms with Gasteiger partial charge in [-0.3, -0.25) is 0 Å². The molecule has 1 heterocycles. The highest BCUT2D eigenvalue weighted by Crippen LogP contribution is 2.25. The van der Waals surface area contributed by atoms with E-state index in [0.717, 1.165) is 6.42 Å². The van der Waals surface area contributed by atoms with E-state index in [4.69, 9.17) is 9.16 Å². The molecule has 0 radical (unpaired) electrons. The number of carbonyl (C=O) groups is 1. The van der Waals surface area contributed by atoms with Crippen molar-refractivity contribution in [2.45, 2.75) is 39.0 Å². The number of allylic oxidation sites excluding steroid dienone is 1. The minimum Gasteiger partial charge on any atom is -0.533 e. The molecule has 0 N–H and O–H groups in total. The van der Waals surface area contributed by atoms with Gasteiger partial charge in [-0.2, -0.15) is 0 Å². The van der Waals surface area contributed by atoms with Crippen molar-refractivity contribution in [1.29, 1.82) is 0 Å². The number of rotatable bonds is 5. The largest absolute Gasteiger partial charge is 0.533 e. The second-order valence-corrected chi connectivity index (χ2v) is 10.6. The zero-order valence-electron chi connectivity index (χ0n) is 13.1. The summed E-state index contributed by atoms with van der Waals surface area (Å²) in [5.41, 5.74) is 1.19. The highest BCUT2D eigenvalue weighted by molar-refractivity contribution is 6.70. The molecule has 1 aliphatic heterocycles. The van der Waals surface area contributed by atoms with Crippen LogP contribution in [-0.4, -0.2) is 32.0 Å². The number of benzene rings is 1. The van der Waals surface area contributed by atoms with Gasteiger partial charge < -0.3 is 9.16 Å². The van der Waals surface area contributed by atoms with Gasteiger partial charge in [0.25, 0.3) is 0 Å². The van der Waals surface area contributed by atoms with E-state index in [-0.39, 0.29) is 12.1 Å². The van der Waals surface area contributed by atoms with E-state index in [2.05, 4.69) is 31.8 Å². The Labute approximate surface area is 127 Å². The summed E-state index contributed by atoms with van der Waals surface area (Å²) in [7, 11) is -1.78. The molecular formula is C16H23NO3Si. The molecule has 0 aromatic heterocycles. The smallest absolute Gasteiger partial charge is 0.417 e. The van der Waals surface area contributed by atoms with Gasteiger partial charge in [-0.05, 0) is 44.6 Å². The van der Waals surface area contributed by atoms with E-state index in [0.29, 0.717) is 12.5 Å². The van der Waals surface area contributed by atoms with Crippen molar-refractivity contribution in [3.05, 3.63) is 47.9 Å². The standard InChI is InChI=1S/C16H23NO3Si/c1-5-15(20-21(2,3)4)17-14(12-19-16(17)18)11-13-9-7-6-8-10-13/h5-10,14H,11-12H2,1-4H3/b15-5-/t14-/m0/s1. The zero-order valence-corrected chi connectivity index (χ0v) is 14.1. The first-order valence-corrected chi connectivity index (χ1v) is 10.7. The van der Waals surface area contributed by atoms with Crippen LogP contribution in [0.15, 0.2) is 42.3 Å². The molecule has 114 valence electrons. The lowest BCUT2D eigenvalue weighted by Crippen LogP contribution is -2.39. The predicted molar refractivity (Wildman–Crippen MR) is 85.3 cm³/mol. The Hall–Kier alpha value is -1.75. The number of hydrogen-bond acceptors (Lipinski definition) is 3. The maximum atomic E-state index is 12.1. The summed E-state index contributed by atoms with van der Waals surface area (Å²) in [5.74, 6) is 0.623. The molecule has 0 unspecified atom stereocenters. The van der Waals surface area contributed by atoms with E-state index in [1.165, 1.54) is 5.56 Å². The van der Waals surface area contributed by atoms with Crippen LogP contribution in [0.3, 0.4) is 0 Å². The van der Waals surface area contributed by atoms with E-state index >= 15 is 0 Å². The molecule has 1 amide bonds. The maximum absolute atomic E-state index is 12.1. The minimum absolute atomic E-state index is 0.0116. The number of nitrogens with zero attached hydrogens (tertiary/aromatic N) is 1. The van der Waals surface area contributed by atoms with Gasteiger partial charge in [0.05, 0.1) is 6.04 Å². The van der Waals surface area contributed by atoms with Crippen LogP contribution in [0.4, 0.5) is 4.79 Å². The first kappa shape index (κ1) is 15.6. The van der Waals surface area contributed by atoms with Gasteiger partial charge in [-0.15, -0.1) is 0 Å². The van der Waals surface area contributed by atoms with Crippen LogP contribution in [0.1, 0.15) is 12.5 Å². The summed E-state index contributed by atoms with van der Waals surface area (Å²) in [5, 5.41) is 0. The van der Waals surface area contributed by atoms with Crippen LogP contribution in [-0.2, 0) is 15.6 Å². The first-order chi connectivity index (χ1) is 9.90. The molecule has 21 heavy (non-hydrogen) atoms. The van der Waals surface area contributed by atoms with Gasteiger partial charge in [0.2, 0.25) is 8.32 Å². The van der Waals surface area contributed by atoms with Crippen LogP contribution in [0.2, 0.25) is 19.6 Å². The van der Waals surface area contributed by atoms with Crippen molar-refractivity contribution in [1.82, 2.24) is 4.90 Å². The van der Waals surface area contributed by atoms with Crippen molar-refractivity contribution in [2.75, 3.05) is 6.61 Å². The van der Waals surface area contributed by atoms with Crippen molar-refractivity contribution in [2.24, 2.45) is 0 Å². The van der Waals surface area contributed by atoms with Crippen molar-refractivity contribution in [3.63, 3.8) is 0 Å². The van der Waals surface area contributed by atoms with Gasteiger partial charge in [-0.1, -0.05) is 30.3 Å². The number of hydrogen-bond donors (Lipinski definition) is 0. The number of ether oxygens (including phenoxy) is 1. The summed E-state index contributed by atoms with van der Waals surface area (Å²) < 4.78 is 11.3. The fourth-order valence-electron chi connectivity index (χ4n) is 2.33. The van der Waals surface area contributed by atoms with Crippen LogP contribution < -0.4 is 0 Å². The number of carbonyl (C=O) groups excluding carboxylic acids is 1. The molecule has 1 saturated heterocycles. The Morgan fingerprint density at radius 1 is 1.38 bits per heavy atom. The molecule has 1 aromatic rings. The van der Waals surface area contributed by atoms with E-state index < -0.39 is 8.32 Å². The molecule has 4 nitrogen and oxygen atoms in total. The van der Waals surface area contributed by atoms with Crippen LogP contribution in [0.25, 0.3) is 0 Å². The third kappa shape index (κ3) is 4.11. The SMILES string of the molecule is C/C=C(\O[Si](C)(C)C)N1C(=O)OC[C@@H]1Cc1ccccc1. The Morgan fingerprint density at radius 2 is 2.05 bits per heavy atom. The zero-order chi connectivity index (χ0) is 15.5. The Morgan fingerprint density at radius 3 is 2.62 bits per heavy atom. The third-order valence-electron chi connectivity index (χ3n) is 3.17. The molecule has 2 rings (SSSR count). The monoisotopic (exact) mass is 305 g/mol. The van der Waals surface area contributed by atoms with Crippen LogP contribution >= 0.6 is 0 Å². The summed E-state index contributed by atoms with van der Waals surface area (Å²) in [6.45, 7) is 8.60. The van der Waals surface area contributed by atoms with Gasteiger partial charge >= 0.3 is 6.09 Å². The molecule has 1 atom stereocenters. The highest BCUT2D eigenvalue weighted by Gasteiger charge is 2.37. The lowest BCUT2D eigenvalue weighted by molar-refractivity contribution is 0.151. The first-order valence-electron chi connectivity index (χ1n) is 7.26. The second-order valence-electron chi connectivity index (χ2n) is 6.13. The lowest BCUT2D eigenvalue weighted by atomic mass is 10.1. The van der Waals surface area contributed by atoms with E-state index in [9.17, 15) is 4.79 Å². The quantitative estimate of drug-likeness (QED) is 0.614. The predicted octanol–water partition coefficient (Wildman–Crippen LogP) is 3.76. The molecule has 1 fully saturated rings. The van der Waals surface area contributed by atoms with Gasteiger partial charge in [0, 0.05) is 0 Å². The van der Waals surface area contributed by atoms with E-state index in [1.807, 2.05) is 31.2 Å². The fourth-order valence-corrected chi connectivity index (χ4v) is 3.17. The van der Waals surface area contributed by atoms with Gasteiger partial charge in [0.1, 0.15) is 6.61 Å². The number of cyclic esters (lactones) is 1. The Kier molecular flexibility index (Phi) is 4.72. The Balaban J connectivity index is 2.16. The molecular weight excluding hydrogens is 282 g/mol. The fraction of sp³-hybridized carbons (Fsp3) is 0.438. The summed E-state index contributed by atoms with van der Waals surface area (Å²) in [6.07, 6.45) is 2.30. The summed E-state index contributed by atoms with van der Waals surface area (Å²) in [6, 6.07) is 10.1. The van der Waals surface area contributed by atoms with Crippen molar-refractivity contribution in [3.8, 4) is 0 Å². The summed E-state index contributed by atoms with van der Waals surface area (Å²) >= 11 is 0. The van der Waals surface area contributed by atoms with E-state index in [1.54, 1.807) is 4.90 Å². The van der Waals surface area contributed by atoms with Crippen LogP contribution in [0.5, 0.6) is 0 Å². The average Bonchev–Trinajstić information content (AvgIpc) is 2.77. The minimum atomic E-state index is -1.78. The highest BCUT2D eigenvalue weighted by atomic mass is 28.4. The van der Waals surface area contributed by atoms with Gasteiger partial charge in [-0.25, -0.2) is 9.69 Å². The van der Waals surface area contributed by atoms with Crippen molar-refractivity contribution < 1.29 is 14.0 Å². The molecule has 0 bridgehead atoms. The molecule has 1 aromatic carbocycles. The summed E-state index contributed by atoms with van der Waals surface area (Å²) in [4.78, 5) is 13.7. The normalized spacial score (nSPS) is 19.6. The van der Waals surface area contributed by atoms with Gasteiger partial charge in [0.15, 0.2) is 5.88 Å². The lowest BCUT2D eigenvalue weighted by Gasteiger charge is -2.29. The second kappa shape index (κ2) is 6.35. The molecule has 1 aliphatic rings. The van der Waals surface area contributed by atoms with Crippen molar-refractivity contribution >= 4 is 14.4 Å².